The Kier molecular flexibility index (Phi) is 4.74. The predicted octanol–water partition coefficient (Wildman–Crippen LogP) is 3.68. The number of hydrogen-bond donors (Lipinski definition) is 1. The molecule has 0 atom stereocenters. The summed E-state index contributed by atoms with van der Waals surface area (Å²) >= 11 is 3.13. The summed E-state index contributed by atoms with van der Waals surface area (Å²) in [6.45, 7) is 0.286. The van der Waals surface area contributed by atoms with E-state index in [0.717, 1.165) is 11.3 Å². The van der Waals surface area contributed by atoms with Crippen LogP contribution in [0.1, 0.15) is 5.56 Å². The summed E-state index contributed by atoms with van der Waals surface area (Å²) in [5.41, 5.74) is 1.65. The third-order valence-electron chi connectivity index (χ3n) is 2.80. The zero-order chi connectivity index (χ0) is 14.5. The van der Waals surface area contributed by atoms with Crippen LogP contribution in [-0.4, -0.2) is 17.6 Å². The van der Waals surface area contributed by atoms with Crippen molar-refractivity contribution in [3.63, 3.8) is 0 Å². The first-order chi connectivity index (χ1) is 9.56. The van der Waals surface area contributed by atoms with Crippen LogP contribution in [0, 0.1) is 5.82 Å². The Bertz CT molecular complexity index is 604. The largest absolute Gasteiger partial charge is 0.480 e. The molecule has 20 heavy (non-hydrogen) atoms. The van der Waals surface area contributed by atoms with E-state index < -0.39 is 5.97 Å². The van der Waals surface area contributed by atoms with Gasteiger partial charge < -0.3 is 10.0 Å². The van der Waals surface area contributed by atoms with E-state index in [1.54, 1.807) is 17.0 Å². The first-order valence-electron chi connectivity index (χ1n) is 6.02. The Morgan fingerprint density at radius 2 is 1.90 bits per heavy atom. The Morgan fingerprint density at radius 1 is 1.20 bits per heavy atom. The molecular formula is C15H13BrFNO2. The van der Waals surface area contributed by atoms with Gasteiger partial charge in [-0.1, -0.05) is 24.3 Å². The number of para-hydroxylation sites is 1. The Morgan fingerprint density at radius 3 is 2.50 bits per heavy atom. The summed E-state index contributed by atoms with van der Waals surface area (Å²) in [6.07, 6.45) is 0. The van der Waals surface area contributed by atoms with Gasteiger partial charge in [-0.05, 0) is 45.8 Å². The second kappa shape index (κ2) is 6.52. The lowest BCUT2D eigenvalue weighted by Gasteiger charge is -2.23. The van der Waals surface area contributed by atoms with E-state index in [0.29, 0.717) is 11.0 Å². The van der Waals surface area contributed by atoms with Crippen LogP contribution in [-0.2, 0) is 11.3 Å². The van der Waals surface area contributed by atoms with E-state index in [4.69, 9.17) is 5.11 Å². The molecule has 104 valence electrons. The summed E-state index contributed by atoms with van der Waals surface area (Å²) in [6, 6.07) is 13.9. The van der Waals surface area contributed by atoms with Crippen molar-refractivity contribution in [2.24, 2.45) is 0 Å². The first-order valence-corrected chi connectivity index (χ1v) is 6.81. The van der Waals surface area contributed by atoms with E-state index in [-0.39, 0.29) is 12.4 Å². The third kappa shape index (κ3) is 3.81. The van der Waals surface area contributed by atoms with E-state index in [9.17, 15) is 9.18 Å². The zero-order valence-corrected chi connectivity index (χ0v) is 12.2. The van der Waals surface area contributed by atoms with Crippen molar-refractivity contribution >= 4 is 27.6 Å². The minimum absolute atomic E-state index is 0.112. The highest BCUT2D eigenvalue weighted by Crippen LogP contribution is 2.21. The summed E-state index contributed by atoms with van der Waals surface area (Å²) in [7, 11) is 0. The molecule has 0 unspecified atom stereocenters. The number of carboxylic acids is 1. The summed E-state index contributed by atoms with van der Waals surface area (Å²) in [5.74, 6) is -1.24. The molecule has 0 saturated heterocycles. The van der Waals surface area contributed by atoms with Gasteiger partial charge >= 0.3 is 5.97 Å². The van der Waals surface area contributed by atoms with Crippen molar-refractivity contribution in [2.45, 2.75) is 6.54 Å². The van der Waals surface area contributed by atoms with Gasteiger partial charge in [-0.15, -0.1) is 0 Å². The van der Waals surface area contributed by atoms with Gasteiger partial charge in [0.25, 0.3) is 0 Å². The highest BCUT2D eigenvalue weighted by atomic mass is 79.9. The smallest absolute Gasteiger partial charge is 0.323 e. The number of nitrogens with zero attached hydrogens (tertiary/aromatic N) is 1. The van der Waals surface area contributed by atoms with E-state index in [2.05, 4.69) is 15.9 Å². The fourth-order valence-corrected chi connectivity index (χ4v) is 2.33. The van der Waals surface area contributed by atoms with Crippen LogP contribution >= 0.6 is 15.9 Å². The molecule has 0 heterocycles. The lowest BCUT2D eigenvalue weighted by Crippen LogP contribution is -2.29. The van der Waals surface area contributed by atoms with Gasteiger partial charge in [-0.25, -0.2) is 4.39 Å². The number of hydrogen-bond acceptors (Lipinski definition) is 2. The van der Waals surface area contributed by atoms with Crippen LogP contribution in [0.3, 0.4) is 0 Å². The number of anilines is 1. The summed E-state index contributed by atoms with van der Waals surface area (Å²) in [5, 5.41) is 9.01. The van der Waals surface area contributed by atoms with E-state index >= 15 is 0 Å². The predicted molar refractivity (Wildman–Crippen MR) is 79.2 cm³/mol. The molecule has 0 aromatic heterocycles. The lowest BCUT2D eigenvalue weighted by molar-refractivity contribution is -0.135. The van der Waals surface area contributed by atoms with Gasteiger partial charge in [-0.2, -0.15) is 0 Å². The fourth-order valence-electron chi connectivity index (χ4n) is 1.90. The maximum absolute atomic E-state index is 13.2. The molecule has 5 heteroatoms. The standard InChI is InChI=1S/C15H13BrFNO2/c16-13-8-11(6-7-14(13)17)9-18(10-15(19)20)12-4-2-1-3-5-12/h1-8H,9-10H2,(H,19,20). The molecular weight excluding hydrogens is 325 g/mol. The molecule has 0 fully saturated rings. The normalized spacial score (nSPS) is 10.3. The Labute approximate surface area is 124 Å². The number of rotatable bonds is 5. The average Bonchev–Trinajstić information content (AvgIpc) is 2.43. The second-order valence-corrected chi connectivity index (χ2v) is 5.19. The van der Waals surface area contributed by atoms with Gasteiger partial charge in [0.1, 0.15) is 12.4 Å². The zero-order valence-electron chi connectivity index (χ0n) is 10.6. The van der Waals surface area contributed by atoms with Crippen molar-refractivity contribution < 1.29 is 14.3 Å². The summed E-state index contributed by atoms with van der Waals surface area (Å²) < 4.78 is 13.6. The molecule has 0 aliphatic rings. The quantitative estimate of drug-likeness (QED) is 0.904. The van der Waals surface area contributed by atoms with Crippen LogP contribution in [0.25, 0.3) is 0 Å². The van der Waals surface area contributed by atoms with Gasteiger partial charge in [0.05, 0.1) is 4.47 Å². The number of carbonyl (C=O) groups is 1. The Balaban J connectivity index is 2.23. The molecule has 0 spiro atoms. The van der Waals surface area contributed by atoms with Crippen molar-refractivity contribution in [1.29, 1.82) is 0 Å². The number of carboxylic acid groups (broad SMARTS) is 1. The highest BCUT2D eigenvalue weighted by molar-refractivity contribution is 9.10. The lowest BCUT2D eigenvalue weighted by atomic mass is 10.2. The van der Waals surface area contributed by atoms with Crippen LogP contribution < -0.4 is 4.90 Å². The molecule has 2 rings (SSSR count). The molecule has 1 N–H and O–H groups in total. The second-order valence-electron chi connectivity index (χ2n) is 4.33. The maximum Gasteiger partial charge on any atom is 0.323 e. The average molecular weight is 338 g/mol. The maximum atomic E-state index is 13.2. The molecule has 3 nitrogen and oxygen atoms in total. The molecule has 2 aromatic carbocycles. The first kappa shape index (κ1) is 14.5. The molecule has 0 aliphatic carbocycles. The van der Waals surface area contributed by atoms with Crippen LogP contribution in [0.5, 0.6) is 0 Å². The van der Waals surface area contributed by atoms with Crippen molar-refractivity contribution in [3.8, 4) is 0 Å². The molecule has 0 aliphatic heterocycles. The van der Waals surface area contributed by atoms with Crippen LogP contribution in [0.15, 0.2) is 53.0 Å². The minimum atomic E-state index is -0.907. The molecule has 0 bridgehead atoms. The van der Waals surface area contributed by atoms with Gasteiger partial charge in [0.15, 0.2) is 0 Å². The Hall–Kier alpha value is -1.88. The van der Waals surface area contributed by atoms with Gasteiger partial charge in [0, 0.05) is 12.2 Å². The monoisotopic (exact) mass is 337 g/mol. The SMILES string of the molecule is O=C(O)CN(Cc1ccc(F)c(Br)c1)c1ccccc1. The minimum Gasteiger partial charge on any atom is -0.480 e. The molecule has 0 radical (unpaired) electrons. The van der Waals surface area contributed by atoms with Crippen LogP contribution in [0.4, 0.5) is 10.1 Å². The molecule has 2 aromatic rings. The van der Waals surface area contributed by atoms with Crippen molar-refractivity contribution in [2.75, 3.05) is 11.4 Å². The molecule has 0 amide bonds. The third-order valence-corrected chi connectivity index (χ3v) is 3.41. The number of halogens is 2. The van der Waals surface area contributed by atoms with Crippen molar-refractivity contribution in [3.05, 3.63) is 64.4 Å². The number of aliphatic carboxylic acids is 1. The molecule has 0 saturated carbocycles. The highest BCUT2D eigenvalue weighted by Gasteiger charge is 2.12. The van der Waals surface area contributed by atoms with E-state index in [1.807, 2.05) is 30.3 Å². The number of benzene rings is 2. The van der Waals surface area contributed by atoms with Gasteiger partial charge in [-0.3, -0.25) is 4.79 Å². The van der Waals surface area contributed by atoms with Gasteiger partial charge in [0.2, 0.25) is 0 Å². The van der Waals surface area contributed by atoms with Crippen molar-refractivity contribution in [1.82, 2.24) is 0 Å². The fraction of sp³-hybridized carbons (Fsp3) is 0.133. The topological polar surface area (TPSA) is 40.5 Å². The summed E-state index contributed by atoms with van der Waals surface area (Å²) in [4.78, 5) is 12.7. The van der Waals surface area contributed by atoms with Crippen LogP contribution in [0.2, 0.25) is 0 Å². The van der Waals surface area contributed by atoms with E-state index in [1.165, 1.54) is 6.07 Å².